The molecule has 138 valence electrons. The zero-order valence-corrected chi connectivity index (χ0v) is 14.5. The van der Waals surface area contributed by atoms with Crippen molar-refractivity contribution in [3.63, 3.8) is 0 Å². The van der Waals surface area contributed by atoms with E-state index in [1.807, 2.05) is 0 Å². The third-order valence-electron chi connectivity index (χ3n) is 2.96. The van der Waals surface area contributed by atoms with Crippen molar-refractivity contribution in [1.29, 1.82) is 0 Å². The SMILES string of the molecule is COC(=O)[C@H](CC(=O)OC(C)(C)C)NC(=O)Cc1ccc(F)c(F)c1. The van der Waals surface area contributed by atoms with Crippen LogP contribution < -0.4 is 5.32 Å². The second kappa shape index (κ2) is 8.55. The molecule has 0 aliphatic heterocycles. The summed E-state index contributed by atoms with van der Waals surface area (Å²) >= 11 is 0. The summed E-state index contributed by atoms with van der Waals surface area (Å²) in [6.07, 6.45) is -0.702. The van der Waals surface area contributed by atoms with Crippen LogP contribution in [0.4, 0.5) is 8.78 Å². The Morgan fingerprint density at radius 1 is 1.16 bits per heavy atom. The minimum atomic E-state index is -1.24. The van der Waals surface area contributed by atoms with E-state index in [0.717, 1.165) is 19.2 Å². The van der Waals surface area contributed by atoms with Gasteiger partial charge in [0.05, 0.1) is 20.0 Å². The summed E-state index contributed by atoms with van der Waals surface area (Å²) in [5.41, 5.74) is -0.523. The molecule has 1 amide bonds. The molecule has 0 radical (unpaired) electrons. The zero-order chi connectivity index (χ0) is 19.2. The van der Waals surface area contributed by atoms with Crippen molar-refractivity contribution in [2.45, 2.75) is 45.3 Å². The molecule has 0 aliphatic rings. The molecule has 0 bridgehead atoms. The average Bonchev–Trinajstić information content (AvgIpc) is 2.47. The van der Waals surface area contributed by atoms with Gasteiger partial charge < -0.3 is 14.8 Å². The van der Waals surface area contributed by atoms with E-state index in [9.17, 15) is 23.2 Å². The lowest BCUT2D eigenvalue weighted by Crippen LogP contribution is -2.44. The Morgan fingerprint density at radius 3 is 2.32 bits per heavy atom. The van der Waals surface area contributed by atoms with Crippen LogP contribution in [0.25, 0.3) is 0 Å². The van der Waals surface area contributed by atoms with Gasteiger partial charge in [0.15, 0.2) is 11.6 Å². The first kappa shape index (κ1) is 20.5. The maximum absolute atomic E-state index is 13.2. The first-order valence-corrected chi connectivity index (χ1v) is 7.55. The molecule has 0 spiro atoms. The zero-order valence-electron chi connectivity index (χ0n) is 14.5. The van der Waals surface area contributed by atoms with E-state index >= 15 is 0 Å². The number of halogens is 2. The van der Waals surface area contributed by atoms with Crippen molar-refractivity contribution in [3.05, 3.63) is 35.4 Å². The molecular weight excluding hydrogens is 336 g/mol. The standard InChI is InChI=1S/C17H21F2NO5/c1-17(2,3)25-15(22)9-13(16(23)24-4)20-14(21)8-10-5-6-11(18)12(19)7-10/h5-7,13H,8-9H2,1-4H3,(H,20,21)/t13-/m0/s1. The van der Waals surface area contributed by atoms with Crippen LogP contribution in [0.3, 0.4) is 0 Å². The van der Waals surface area contributed by atoms with Gasteiger partial charge in [-0.2, -0.15) is 0 Å². The van der Waals surface area contributed by atoms with Gasteiger partial charge in [0.2, 0.25) is 5.91 Å². The van der Waals surface area contributed by atoms with Crippen LogP contribution >= 0.6 is 0 Å². The van der Waals surface area contributed by atoms with Gasteiger partial charge in [0, 0.05) is 0 Å². The number of ether oxygens (including phenoxy) is 2. The van der Waals surface area contributed by atoms with Gasteiger partial charge in [0.25, 0.3) is 0 Å². The molecule has 6 nitrogen and oxygen atoms in total. The van der Waals surface area contributed by atoms with Crippen molar-refractivity contribution >= 4 is 17.8 Å². The van der Waals surface area contributed by atoms with Gasteiger partial charge in [0.1, 0.15) is 11.6 Å². The smallest absolute Gasteiger partial charge is 0.328 e. The lowest BCUT2D eigenvalue weighted by molar-refractivity contribution is -0.159. The third kappa shape index (κ3) is 7.28. The lowest BCUT2D eigenvalue weighted by Gasteiger charge is -2.22. The summed E-state index contributed by atoms with van der Waals surface area (Å²) in [4.78, 5) is 35.6. The summed E-state index contributed by atoms with van der Waals surface area (Å²) in [7, 11) is 1.12. The van der Waals surface area contributed by atoms with Crippen LogP contribution in [-0.4, -0.2) is 36.6 Å². The number of nitrogens with one attached hydrogen (secondary N) is 1. The molecular formula is C17H21F2NO5. The number of esters is 2. The van der Waals surface area contributed by atoms with Gasteiger partial charge in [-0.1, -0.05) is 6.07 Å². The summed E-state index contributed by atoms with van der Waals surface area (Å²) in [5.74, 6) is -4.25. The van der Waals surface area contributed by atoms with Crippen molar-refractivity contribution in [1.82, 2.24) is 5.32 Å². The van der Waals surface area contributed by atoms with Crippen molar-refractivity contribution in [3.8, 4) is 0 Å². The highest BCUT2D eigenvalue weighted by Crippen LogP contribution is 2.11. The van der Waals surface area contributed by atoms with E-state index in [-0.39, 0.29) is 12.0 Å². The molecule has 1 N–H and O–H groups in total. The maximum atomic E-state index is 13.2. The number of hydrogen-bond acceptors (Lipinski definition) is 5. The molecule has 0 fully saturated rings. The Hall–Kier alpha value is -2.51. The highest BCUT2D eigenvalue weighted by atomic mass is 19.2. The van der Waals surface area contributed by atoms with Crippen molar-refractivity contribution < 1.29 is 32.6 Å². The van der Waals surface area contributed by atoms with Crippen LogP contribution in [0.5, 0.6) is 0 Å². The van der Waals surface area contributed by atoms with Gasteiger partial charge in [-0.15, -0.1) is 0 Å². The molecule has 0 unspecified atom stereocenters. The maximum Gasteiger partial charge on any atom is 0.328 e. The molecule has 0 aromatic heterocycles. The Morgan fingerprint density at radius 2 is 1.80 bits per heavy atom. The molecule has 1 aromatic rings. The monoisotopic (exact) mass is 357 g/mol. The molecule has 1 rings (SSSR count). The largest absolute Gasteiger partial charge is 0.467 e. The van der Waals surface area contributed by atoms with E-state index in [1.165, 1.54) is 6.07 Å². The normalized spacial score (nSPS) is 12.2. The number of carbonyl (C=O) groups excluding carboxylic acids is 3. The number of amides is 1. The second-order valence-corrected chi connectivity index (χ2v) is 6.36. The fraction of sp³-hybridized carbons (Fsp3) is 0.471. The van der Waals surface area contributed by atoms with Crippen LogP contribution in [0.1, 0.15) is 32.8 Å². The summed E-state index contributed by atoms with van der Waals surface area (Å²) in [5, 5.41) is 2.34. The molecule has 1 atom stereocenters. The summed E-state index contributed by atoms with van der Waals surface area (Å²) < 4.78 is 35.7. The number of benzene rings is 1. The van der Waals surface area contributed by atoms with E-state index in [0.29, 0.717) is 0 Å². The van der Waals surface area contributed by atoms with E-state index in [2.05, 4.69) is 10.1 Å². The van der Waals surface area contributed by atoms with Crippen LogP contribution in [0, 0.1) is 11.6 Å². The Labute approximate surface area is 144 Å². The minimum Gasteiger partial charge on any atom is -0.467 e. The van der Waals surface area contributed by atoms with Gasteiger partial charge in [-0.05, 0) is 38.5 Å². The van der Waals surface area contributed by atoms with E-state index < -0.39 is 47.5 Å². The second-order valence-electron chi connectivity index (χ2n) is 6.36. The lowest BCUT2D eigenvalue weighted by atomic mass is 10.1. The predicted octanol–water partition coefficient (Wildman–Crippen LogP) is 1.90. The minimum absolute atomic E-state index is 0.220. The van der Waals surface area contributed by atoms with Crippen LogP contribution in [0.2, 0.25) is 0 Å². The molecule has 0 aliphatic carbocycles. The van der Waals surface area contributed by atoms with Crippen LogP contribution in [0.15, 0.2) is 18.2 Å². The first-order valence-electron chi connectivity index (χ1n) is 7.55. The molecule has 0 saturated heterocycles. The van der Waals surface area contributed by atoms with Gasteiger partial charge in [-0.25, -0.2) is 13.6 Å². The van der Waals surface area contributed by atoms with Gasteiger partial charge >= 0.3 is 11.9 Å². The highest BCUT2D eigenvalue weighted by Gasteiger charge is 2.27. The number of rotatable bonds is 6. The fourth-order valence-electron chi connectivity index (χ4n) is 1.97. The fourth-order valence-corrected chi connectivity index (χ4v) is 1.97. The predicted molar refractivity (Wildman–Crippen MR) is 84.5 cm³/mol. The summed E-state index contributed by atoms with van der Waals surface area (Å²) in [6.45, 7) is 5.00. The number of hydrogen-bond donors (Lipinski definition) is 1. The summed E-state index contributed by atoms with van der Waals surface area (Å²) in [6, 6.07) is 1.79. The Bertz CT molecular complexity index is 655. The highest BCUT2D eigenvalue weighted by molar-refractivity contribution is 5.88. The number of carbonyl (C=O) groups is 3. The van der Waals surface area contributed by atoms with E-state index in [1.54, 1.807) is 20.8 Å². The molecule has 8 heteroatoms. The third-order valence-corrected chi connectivity index (χ3v) is 2.96. The first-order chi connectivity index (χ1) is 11.5. The molecule has 0 heterocycles. The topological polar surface area (TPSA) is 81.7 Å². The average molecular weight is 357 g/mol. The Kier molecular flexibility index (Phi) is 7.02. The van der Waals surface area contributed by atoms with Gasteiger partial charge in [-0.3, -0.25) is 9.59 Å². The van der Waals surface area contributed by atoms with Crippen LogP contribution in [-0.2, 0) is 30.3 Å². The van der Waals surface area contributed by atoms with Crippen molar-refractivity contribution in [2.24, 2.45) is 0 Å². The molecule has 1 aromatic carbocycles. The quantitative estimate of drug-likeness (QED) is 0.787. The van der Waals surface area contributed by atoms with Crippen molar-refractivity contribution in [2.75, 3.05) is 7.11 Å². The van der Waals surface area contributed by atoms with E-state index in [4.69, 9.17) is 4.74 Å². The molecule has 25 heavy (non-hydrogen) atoms. The number of methoxy groups -OCH3 is 1. The Balaban J connectivity index is 2.73. The molecule has 0 saturated carbocycles.